The van der Waals surface area contributed by atoms with Gasteiger partial charge in [-0.2, -0.15) is 0 Å². The highest BCUT2D eigenvalue weighted by Gasteiger charge is 2.04. The highest BCUT2D eigenvalue weighted by atomic mass is 19.1. The van der Waals surface area contributed by atoms with E-state index in [1.54, 1.807) is 24.3 Å². The molecule has 0 aliphatic carbocycles. The van der Waals surface area contributed by atoms with E-state index in [2.05, 4.69) is 17.2 Å². The molecule has 0 amide bonds. The van der Waals surface area contributed by atoms with Crippen LogP contribution in [0.25, 0.3) is 0 Å². The van der Waals surface area contributed by atoms with E-state index in [4.69, 9.17) is 5.11 Å². The third-order valence-corrected chi connectivity index (χ3v) is 2.90. The van der Waals surface area contributed by atoms with Crippen LogP contribution in [0.1, 0.15) is 18.2 Å². The van der Waals surface area contributed by atoms with Crippen molar-refractivity contribution < 1.29 is 9.50 Å². The van der Waals surface area contributed by atoms with Crippen LogP contribution in [0.4, 0.5) is 4.39 Å². The zero-order valence-electron chi connectivity index (χ0n) is 10.8. The third-order valence-electron chi connectivity index (χ3n) is 2.90. The van der Waals surface area contributed by atoms with E-state index in [0.717, 1.165) is 17.7 Å². The Morgan fingerprint density at radius 3 is 2.58 bits per heavy atom. The molecule has 4 heteroatoms. The highest BCUT2D eigenvalue weighted by Crippen LogP contribution is 2.08. The smallest absolute Gasteiger partial charge is 0.133 e. The summed E-state index contributed by atoms with van der Waals surface area (Å²) in [4.78, 5) is 4.11. The monoisotopic (exact) mass is 260 g/mol. The molecule has 0 spiro atoms. The van der Waals surface area contributed by atoms with E-state index < -0.39 is 0 Å². The molecule has 3 nitrogen and oxygen atoms in total. The molecule has 1 heterocycles. The van der Waals surface area contributed by atoms with Crippen molar-refractivity contribution in [3.63, 3.8) is 0 Å². The summed E-state index contributed by atoms with van der Waals surface area (Å²) in [5, 5.41) is 12.5. The highest BCUT2D eigenvalue weighted by molar-refractivity contribution is 5.18. The molecule has 0 aliphatic rings. The molecule has 0 bridgehead atoms. The minimum Gasteiger partial charge on any atom is -0.506 e. The number of aromatic hydroxyl groups is 1. The Labute approximate surface area is 112 Å². The molecule has 1 unspecified atom stereocenters. The maximum Gasteiger partial charge on any atom is 0.133 e. The first kappa shape index (κ1) is 13.5. The second kappa shape index (κ2) is 6.29. The Kier molecular flexibility index (Phi) is 4.47. The minimum atomic E-state index is -0.211. The maximum atomic E-state index is 12.8. The average Bonchev–Trinajstić information content (AvgIpc) is 2.41. The molecule has 0 saturated heterocycles. The minimum absolute atomic E-state index is 0.170. The van der Waals surface area contributed by atoms with Crippen molar-refractivity contribution in [3.05, 3.63) is 59.7 Å². The summed E-state index contributed by atoms with van der Waals surface area (Å²) >= 11 is 0. The predicted octanol–water partition coefficient (Wildman–Crippen LogP) is 2.65. The number of pyridine rings is 1. The topological polar surface area (TPSA) is 45.1 Å². The van der Waals surface area contributed by atoms with Gasteiger partial charge >= 0.3 is 0 Å². The van der Waals surface area contributed by atoms with Crippen LogP contribution in [0.3, 0.4) is 0 Å². The van der Waals surface area contributed by atoms with E-state index >= 15 is 0 Å². The molecular weight excluding hydrogens is 243 g/mol. The Morgan fingerprint density at radius 2 is 1.95 bits per heavy atom. The van der Waals surface area contributed by atoms with Crippen molar-refractivity contribution >= 4 is 0 Å². The molecule has 0 aliphatic heterocycles. The van der Waals surface area contributed by atoms with Gasteiger partial charge in [0.05, 0.1) is 11.9 Å². The Balaban J connectivity index is 1.82. The Hall–Kier alpha value is -1.94. The van der Waals surface area contributed by atoms with E-state index in [0.29, 0.717) is 6.54 Å². The number of hydrogen-bond donors (Lipinski definition) is 2. The lowest BCUT2D eigenvalue weighted by Gasteiger charge is -2.13. The van der Waals surface area contributed by atoms with Gasteiger partial charge in [-0.15, -0.1) is 0 Å². The molecule has 1 aromatic heterocycles. The second-order valence-corrected chi connectivity index (χ2v) is 4.62. The predicted molar refractivity (Wildman–Crippen MR) is 72.3 cm³/mol. The van der Waals surface area contributed by atoms with Crippen molar-refractivity contribution in [1.82, 2.24) is 10.3 Å². The molecule has 2 rings (SSSR count). The third kappa shape index (κ3) is 4.34. The van der Waals surface area contributed by atoms with Crippen LogP contribution in [0.2, 0.25) is 0 Å². The molecule has 19 heavy (non-hydrogen) atoms. The van der Waals surface area contributed by atoms with Gasteiger partial charge < -0.3 is 10.4 Å². The summed E-state index contributed by atoms with van der Waals surface area (Å²) in [7, 11) is 0. The maximum absolute atomic E-state index is 12.8. The van der Waals surface area contributed by atoms with Crippen molar-refractivity contribution in [3.8, 4) is 5.75 Å². The van der Waals surface area contributed by atoms with Crippen LogP contribution >= 0.6 is 0 Å². The Morgan fingerprint density at radius 1 is 1.21 bits per heavy atom. The fourth-order valence-electron chi connectivity index (χ4n) is 1.85. The van der Waals surface area contributed by atoms with Crippen molar-refractivity contribution in [1.29, 1.82) is 0 Å². The molecule has 0 saturated carbocycles. The number of nitrogens with one attached hydrogen (secondary N) is 1. The van der Waals surface area contributed by atoms with Gasteiger partial charge in [0.2, 0.25) is 0 Å². The van der Waals surface area contributed by atoms with Gasteiger partial charge in [0, 0.05) is 12.6 Å². The number of benzene rings is 1. The van der Waals surface area contributed by atoms with Crippen LogP contribution in [-0.4, -0.2) is 16.1 Å². The van der Waals surface area contributed by atoms with Crippen molar-refractivity contribution in [2.45, 2.75) is 25.9 Å². The summed E-state index contributed by atoms with van der Waals surface area (Å²) in [5.41, 5.74) is 1.98. The number of nitrogens with zero attached hydrogens (tertiary/aromatic N) is 1. The number of hydrogen-bond acceptors (Lipinski definition) is 3. The van der Waals surface area contributed by atoms with E-state index in [1.807, 2.05) is 0 Å². The van der Waals surface area contributed by atoms with Crippen molar-refractivity contribution in [2.24, 2.45) is 0 Å². The van der Waals surface area contributed by atoms with Crippen LogP contribution in [0, 0.1) is 5.82 Å². The normalized spacial score (nSPS) is 12.3. The molecular formula is C15H17FN2O. The summed E-state index contributed by atoms with van der Waals surface area (Å²) < 4.78 is 12.8. The van der Waals surface area contributed by atoms with Gasteiger partial charge in [-0.25, -0.2) is 4.39 Å². The lowest BCUT2D eigenvalue weighted by atomic mass is 10.1. The largest absolute Gasteiger partial charge is 0.506 e. The Bertz CT molecular complexity index is 511. The molecule has 100 valence electrons. The number of rotatable bonds is 5. The van der Waals surface area contributed by atoms with Gasteiger partial charge in [0.15, 0.2) is 0 Å². The quantitative estimate of drug-likeness (QED) is 0.868. The summed E-state index contributed by atoms with van der Waals surface area (Å²) in [6.07, 6.45) is 2.26. The van der Waals surface area contributed by atoms with Crippen LogP contribution in [0.15, 0.2) is 42.6 Å². The van der Waals surface area contributed by atoms with Gasteiger partial charge in [0.25, 0.3) is 0 Å². The fraction of sp³-hybridized carbons (Fsp3) is 0.267. The zero-order valence-corrected chi connectivity index (χ0v) is 10.8. The first-order valence-corrected chi connectivity index (χ1v) is 6.25. The second-order valence-electron chi connectivity index (χ2n) is 4.62. The summed E-state index contributed by atoms with van der Waals surface area (Å²) in [6, 6.07) is 10.2. The lowest BCUT2D eigenvalue weighted by molar-refractivity contribution is 0.471. The molecule has 0 radical (unpaired) electrons. The van der Waals surface area contributed by atoms with Gasteiger partial charge in [-0.1, -0.05) is 12.1 Å². The first-order valence-electron chi connectivity index (χ1n) is 6.25. The number of aromatic nitrogens is 1. The van der Waals surface area contributed by atoms with Gasteiger partial charge in [-0.05, 0) is 43.2 Å². The van der Waals surface area contributed by atoms with Crippen molar-refractivity contribution in [2.75, 3.05) is 0 Å². The number of halogens is 1. The lowest BCUT2D eigenvalue weighted by Crippen LogP contribution is -2.27. The summed E-state index contributed by atoms with van der Waals surface area (Å²) in [5.74, 6) is -0.0410. The SMILES string of the molecule is CC(Cc1ccc(F)cc1)NCc1ccc(O)cn1. The molecule has 1 aromatic carbocycles. The fourth-order valence-corrected chi connectivity index (χ4v) is 1.85. The van der Waals surface area contributed by atoms with E-state index in [9.17, 15) is 4.39 Å². The average molecular weight is 260 g/mol. The van der Waals surface area contributed by atoms with Crippen LogP contribution < -0.4 is 5.32 Å². The van der Waals surface area contributed by atoms with Gasteiger partial charge in [0.1, 0.15) is 11.6 Å². The van der Waals surface area contributed by atoms with Gasteiger partial charge in [-0.3, -0.25) is 4.98 Å². The van der Waals surface area contributed by atoms with Crippen LogP contribution in [-0.2, 0) is 13.0 Å². The summed E-state index contributed by atoms with van der Waals surface area (Å²) in [6.45, 7) is 2.71. The van der Waals surface area contributed by atoms with E-state index in [1.165, 1.54) is 18.3 Å². The molecule has 1 atom stereocenters. The van der Waals surface area contributed by atoms with E-state index in [-0.39, 0.29) is 17.6 Å². The molecule has 2 N–H and O–H groups in total. The standard InChI is InChI=1S/C15H17FN2O/c1-11(8-12-2-4-13(16)5-3-12)17-9-14-6-7-15(19)10-18-14/h2-7,10-11,17,19H,8-9H2,1H3. The first-order chi connectivity index (χ1) is 9.13. The van der Waals surface area contributed by atoms with Crippen LogP contribution in [0.5, 0.6) is 5.75 Å². The molecule has 0 fully saturated rings. The zero-order chi connectivity index (χ0) is 13.7. The molecule has 2 aromatic rings.